The Morgan fingerprint density at radius 2 is 1.77 bits per heavy atom. The van der Waals surface area contributed by atoms with Gasteiger partial charge in [-0.3, -0.25) is 9.59 Å². The lowest BCUT2D eigenvalue weighted by molar-refractivity contribution is -0.131. The Hall–Kier alpha value is -3.41. The molecule has 2 aliphatic rings. The van der Waals surface area contributed by atoms with Crippen molar-refractivity contribution in [2.75, 3.05) is 13.1 Å². The van der Waals surface area contributed by atoms with E-state index in [0.29, 0.717) is 43.7 Å². The Balaban J connectivity index is 1.39. The molecule has 2 aromatic rings. The lowest BCUT2D eigenvalue weighted by Crippen LogP contribution is -2.42. The van der Waals surface area contributed by atoms with Gasteiger partial charge >= 0.3 is 12.1 Å². The average molecular weight is 419 g/mol. The van der Waals surface area contributed by atoms with Crippen molar-refractivity contribution in [2.24, 2.45) is 5.41 Å². The molecule has 1 aliphatic carbocycles. The number of Topliss-reactive ketones (excluding diaryl/α,β-unsaturated/α-hetero) is 1. The summed E-state index contributed by atoms with van der Waals surface area (Å²) < 4.78 is 10.6. The van der Waals surface area contributed by atoms with Crippen LogP contribution in [0.5, 0.6) is 5.75 Å². The van der Waals surface area contributed by atoms with E-state index in [1.165, 1.54) is 6.92 Å². The van der Waals surface area contributed by atoms with Crippen LogP contribution in [0.4, 0.5) is 4.79 Å². The molecule has 0 bridgehead atoms. The van der Waals surface area contributed by atoms with Gasteiger partial charge in [-0.05, 0) is 41.5 Å². The number of hydrogen-bond acceptors (Lipinski definition) is 5. The molecular weight excluding hydrogens is 394 g/mol. The standard InChI is InChI=1S/C25H25NO5/c1-18(27)31-21-9-5-8-20(14-21)22-15-25(16-23(22)28)10-12-26(13-11-25)24(29)30-17-19-6-3-2-4-7-19/h2-9,14-15H,10-13,16-17H2,1H3. The topological polar surface area (TPSA) is 72.9 Å². The van der Waals surface area contributed by atoms with Gasteiger partial charge in [0.2, 0.25) is 0 Å². The molecule has 6 heteroatoms. The lowest BCUT2D eigenvalue weighted by atomic mass is 9.78. The number of carbonyl (C=O) groups is 3. The summed E-state index contributed by atoms with van der Waals surface area (Å²) in [7, 11) is 0. The second kappa shape index (κ2) is 8.76. The van der Waals surface area contributed by atoms with Gasteiger partial charge in [0.25, 0.3) is 0 Å². The number of amides is 1. The number of esters is 1. The fourth-order valence-electron chi connectivity index (χ4n) is 4.26. The monoisotopic (exact) mass is 419 g/mol. The van der Waals surface area contributed by atoms with Gasteiger partial charge in [-0.15, -0.1) is 0 Å². The predicted molar refractivity (Wildman–Crippen MR) is 115 cm³/mol. The number of rotatable bonds is 4. The van der Waals surface area contributed by atoms with Gasteiger partial charge in [0, 0.05) is 32.0 Å². The zero-order chi connectivity index (χ0) is 21.8. The van der Waals surface area contributed by atoms with E-state index in [2.05, 4.69) is 6.08 Å². The molecule has 0 radical (unpaired) electrons. The van der Waals surface area contributed by atoms with Crippen LogP contribution in [0.25, 0.3) is 5.57 Å². The largest absolute Gasteiger partial charge is 0.445 e. The van der Waals surface area contributed by atoms with Crippen molar-refractivity contribution in [3.8, 4) is 5.75 Å². The van der Waals surface area contributed by atoms with Gasteiger partial charge < -0.3 is 14.4 Å². The van der Waals surface area contributed by atoms with Crippen LogP contribution < -0.4 is 4.74 Å². The first-order chi connectivity index (χ1) is 14.9. The molecule has 1 spiro atoms. The molecule has 1 saturated heterocycles. The molecule has 0 unspecified atom stereocenters. The Morgan fingerprint density at radius 1 is 1.03 bits per heavy atom. The maximum atomic E-state index is 12.8. The minimum Gasteiger partial charge on any atom is -0.445 e. The second-order valence-corrected chi connectivity index (χ2v) is 8.17. The van der Waals surface area contributed by atoms with Crippen molar-refractivity contribution in [1.82, 2.24) is 4.90 Å². The van der Waals surface area contributed by atoms with Gasteiger partial charge in [0.15, 0.2) is 5.78 Å². The number of hydrogen-bond donors (Lipinski definition) is 0. The number of nitrogens with zero attached hydrogens (tertiary/aromatic N) is 1. The molecule has 6 nitrogen and oxygen atoms in total. The highest BCUT2D eigenvalue weighted by molar-refractivity contribution is 6.23. The van der Waals surface area contributed by atoms with Gasteiger partial charge in [0.1, 0.15) is 12.4 Å². The van der Waals surface area contributed by atoms with Crippen LogP contribution in [0.3, 0.4) is 0 Å². The first-order valence-corrected chi connectivity index (χ1v) is 10.4. The quantitative estimate of drug-likeness (QED) is 0.543. The number of allylic oxidation sites excluding steroid dienone is 2. The van der Waals surface area contributed by atoms with E-state index in [0.717, 1.165) is 11.1 Å². The maximum absolute atomic E-state index is 12.8. The first-order valence-electron chi connectivity index (χ1n) is 10.4. The van der Waals surface area contributed by atoms with Gasteiger partial charge in [-0.25, -0.2) is 4.79 Å². The molecule has 0 saturated carbocycles. The third-order valence-electron chi connectivity index (χ3n) is 5.89. The summed E-state index contributed by atoms with van der Waals surface area (Å²) in [5.41, 5.74) is 2.13. The SMILES string of the molecule is CC(=O)Oc1cccc(C2=CC3(CCN(C(=O)OCc4ccccc4)CC3)CC2=O)c1. The highest BCUT2D eigenvalue weighted by atomic mass is 16.6. The average Bonchev–Trinajstić information content (AvgIpc) is 3.08. The predicted octanol–water partition coefficient (Wildman–Crippen LogP) is 4.39. The van der Waals surface area contributed by atoms with Crippen molar-refractivity contribution in [3.05, 3.63) is 71.8 Å². The van der Waals surface area contributed by atoms with E-state index < -0.39 is 5.97 Å². The van der Waals surface area contributed by atoms with Crippen molar-refractivity contribution < 1.29 is 23.9 Å². The van der Waals surface area contributed by atoms with Gasteiger partial charge in [-0.2, -0.15) is 0 Å². The Morgan fingerprint density at radius 3 is 2.48 bits per heavy atom. The molecule has 1 amide bonds. The van der Waals surface area contributed by atoms with Crippen LogP contribution in [0.15, 0.2) is 60.7 Å². The molecule has 4 rings (SSSR count). The van der Waals surface area contributed by atoms with E-state index in [1.807, 2.05) is 36.4 Å². The molecule has 31 heavy (non-hydrogen) atoms. The number of carbonyl (C=O) groups excluding carboxylic acids is 3. The summed E-state index contributed by atoms with van der Waals surface area (Å²) in [6.07, 6.45) is 3.60. The Bertz CT molecular complexity index is 1020. The maximum Gasteiger partial charge on any atom is 0.410 e. The zero-order valence-electron chi connectivity index (χ0n) is 17.5. The van der Waals surface area contributed by atoms with Gasteiger partial charge in [-0.1, -0.05) is 48.5 Å². The van der Waals surface area contributed by atoms with Crippen molar-refractivity contribution >= 4 is 23.4 Å². The third kappa shape index (κ3) is 4.85. The first kappa shape index (κ1) is 20.8. The van der Waals surface area contributed by atoms with E-state index in [4.69, 9.17) is 9.47 Å². The van der Waals surface area contributed by atoms with Crippen molar-refractivity contribution in [1.29, 1.82) is 0 Å². The summed E-state index contributed by atoms with van der Waals surface area (Å²) in [6, 6.07) is 16.6. The number of ketones is 1. The molecule has 1 heterocycles. The molecule has 1 fully saturated rings. The summed E-state index contributed by atoms with van der Waals surface area (Å²) in [6.45, 7) is 2.71. The lowest BCUT2D eigenvalue weighted by Gasteiger charge is -2.37. The number of likely N-dealkylation sites (tertiary alicyclic amines) is 1. The van der Waals surface area contributed by atoms with E-state index in [-0.39, 0.29) is 23.9 Å². The summed E-state index contributed by atoms with van der Waals surface area (Å²) in [5.74, 6) is 0.114. The highest BCUT2D eigenvalue weighted by Crippen LogP contribution is 2.45. The molecule has 1 aliphatic heterocycles. The van der Waals surface area contributed by atoms with Gasteiger partial charge in [0.05, 0.1) is 0 Å². The minimum absolute atomic E-state index is 0.0834. The molecule has 0 N–H and O–H groups in total. The molecule has 0 aromatic heterocycles. The van der Waals surface area contributed by atoms with Crippen LogP contribution in [0, 0.1) is 5.41 Å². The van der Waals surface area contributed by atoms with Crippen LogP contribution in [-0.4, -0.2) is 35.8 Å². The molecule has 160 valence electrons. The van der Waals surface area contributed by atoms with E-state index >= 15 is 0 Å². The van der Waals surface area contributed by atoms with E-state index in [9.17, 15) is 14.4 Å². The van der Waals surface area contributed by atoms with Crippen LogP contribution in [0.1, 0.15) is 37.3 Å². The highest BCUT2D eigenvalue weighted by Gasteiger charge is 2.42. The number of benzene rings is 2. The van der Waals surface area contributed by atoms with Crippen LogP contribution in [-0.2, 0) is 20.9 Å². The van der Waals surface area contributed by atoms with Crippen molar-refractivity contribution in [3.63, 3.8) is 0 Å². The fourth-order valence-corrected chi connectivity index (χ4v) is 4.26. The normalized spacial score (nSPS) is 17.4. The summed E-state index contributed by atoms with van der Waals surface area (Å²) in [4.78, 5) is 38.1. The molecule has 2 aromatic carbocycles. The summed E-state index contributed by atoms with van der Waals surface area (Å²) in [5, 5.41) is 0. The zero-order valence-corrected chi connectivity index (χ0v) is 17.5. The smallest absolute Gasteiger partial charge is 0.410 e. The Labute approximate surface area is 181 Å². The Kier molecular flexibility index (Phi) is 5.89. The third-order valence-corrected chi connectivity index (χ3v) is 5.89. The fraction of sp³-hybridized carbons (Fsp3) is 0.320. The molecular formula is C25H25NO5. The van der Waals surface area contributed by atoms with E-state index in [1.54, 1.807) is 23.1 Å². The number of ether oxygens (including phenoxy) is 2. The second-order valence-electron chi connectivity index (χ2n) is 8.17. The molecule has 0 atom stereocenters. The minimum atomic E-state index is -0.396. The van der Waals surface area contributed by atoms with Crippen molar-refractivity contribution in [2.45, 2.75) is 32.8 Å². The van der Waals surface area contributed by atoms with Crippen LogP contribution >= 0.6 is 0 Å². The summed E-state index contributed by atoms with van der Waals surface area (Å²) >= 11 is 0. The number of piperidine rings is 1. The van der Waals surface area contributed by atoms with Crippen LogP contribution in [0.2, 0.25) is 0 Å².